The number of nitrogens with zero attached hydrogens (tertiary/aromatic N) is 3. The van der Waals surface area contributed by atoms with E-state index in [1.807, 2.05) is 0 Å². The van der Waals surface area contributed by atoms with Crippen LogP contribution in [0.15, 0.2) is 47.4 Å². The Labute approximate surface area is 156 Å². The van der Waals surface area contributed by atoms with E-state index in [1.54, 1.807) is 6.92 Å². The first-order chi connectivity index (χ1) is 13.2. The van der Waals surface area contributed by atoms with E-state index in [4.69, 9.17) is 0 Å². The minimum Gasteiger partial charge on any atom is -0.405 e. The Hall–Kier alpha value is -3.63. The molecule has 1 amide bonds. The number of aromatic nitrogens is 4. The zero-order valence-electron chi connectivity index (χ0n) is 14.4. The van der Waals surface area contributed by atoms with Crippen LogP contribution in [0, 0.1) is 6.92 Å². The fourth-order valence-electron chi connectivity index (χ4n) is 2.46. The monoisotopic (exact) mass is 393 g/mol. The first kappa shape index (κ1) is 19.1. The molecule has 0 aliphatic rings. The number of para-hydroxylation sites is 1. The molecule has 0 atom stereocenters. The Balaban J connectivity index is 1.75. The summed E-state index contributed by atoms with van der Waals surface area (Å²) in [6, 6.07) is 8.22. The first-order valence-electron chi connectivity index (χ1n) is 7.97. The maximum Gasteiger partial charge on any atom is 0.573 e. The van der Waals surface area contributed by atoms with E-state index in [2.05, 4.69) is 25.3 Å². The second-order valence-corrected chi connectivity index (χ2v) is 5.67. The topological polar surface area (TPSA) is 102 Å². The third-order valence-electron chi connectivity index (χ3n) is 3.77. The lowest BCUT2D eigenvalue weighted by Gasteiger charge is -2.13. The van der Waals surface area contributed by atoms with Crippen molar-refractivity contribution in [1.82, 2.24) is 25.3 Å². The van der Waals surface area contributed by atoms with E-state index in [1.165, 1.54) is 47.3 Å². The SMILES string of the molecule is Cc1c(C(=O)NCc2ccccc2OC(F)(F)F)cnn1-c1ccc(=O)[nH]n1. The smallest absolute Gasteiger partial charge is 0.405 e. The Bertz CT molecular complexity index is 1040. The number of carbonyl (C=O) groups excluding carboxylic acids is 1. The van der Waals surface area contributed by atoms with Gasteiger partial charge in [-0.1, -0.05) is 18.2 Å². The van der Waals surface area contributed by atoms with E-state index >= 15 is 0 Å². The summed E-state index contributed by atoms with van der Waals surface area (Å²) in [7, 11) is 0. The molecule has 2 heterocycles. The summed E-state index contributed by atoms with van der Waals surface area (Å²) in [6.07, 6.45) is -3.53. The van der Waals surface area contributed by atoms with Gasteiger partial charge in [0.1, 0.15) is 5.75 Å². The standard InChI is InChI=1S/C17H14F3N5O3/c1-10-12(9-22-25(10)14-6-7-15(26)24-23-14)16(27)21-8-11-4-2-3-5-13(11)28-17(18,19)20/h2-7,9H,8H2,1H3,(H,21,27)(H,24,26). The van der Waals surface area contributed by atoms with Crippen LogP contribution in [0.1, 0.15) is 21.6 Å². The molecule has 0 spiro atoms. The number of amides is 1. The van der Waals surface area contributed by atoms with Gasteiger partial charge in [0.2, 0.25) is 0 Å². The lowest BCUT2D eigenvalue weighted by Crippen LogP contribution is -2.25. The molecule has 0 fully saturated rings. The van der Waals surface area contributed by atoms with Gasteiger partial charge in [-0.2, -0.15) is 10.2 Å². The number of hydrogen-bond donors (Lipinski definition) is 2. The summed E-state index contributed by atoms with van der Waals surface area (Å²) in [5, 5.41) is 12.7. The van der Waals surface area contributed by atoms with Gasteiger partial charge in [0.15, 0.2) is 5.82 Å². The molecule has 11 heteroatoms. The molecule has 0 saturated heterocycles. The van der Waals surface area contributed by atoms with Crippen molar-refractivity contribution in [1.29, 1.82) is 0 Å². The number of H-pyrrole nitrogens is 1. The van der Waals surface area contributed by atoms with Gasteiger partial charge in [0.05, 0.1) is 17.5 Å². The van der Waals surface area contributed by atoms with E-state index in [0.29, 0.717) is 11.5 Å². The first-order valence-corrected chi connectivity index (χ1v) is 7.97. The average Bonchev–Trinajstić information content (AvgIpc) is 3.02. The van der Waals surface area contributed by atoms with Gasteiger partial charge in [-0.25, -0.2) is 9.78 Å². The molecule has 1 aromatic carbocycles. The van der Waals surface area contributed by atoms with Gasteiger partial charge in [-0.3, -0.25) is 9.59 Å². The van der Waals surface area contributed by atoms with Crippen LogP contribution in [-0.2, 0) is 6.54 Å². The molecule has 0 aliphatic heterocycles. The third-order valence-corrected chi connectivity index (χ3v) is 3.77. The van der Waals surface area contributed by atoms with Crippen LogP contribution in [0.2, 0.25) is 0 Å². The van der Waals surface area contributed by atoms with Crippen LogP contribution >= 0.6 is 0 Å². The zero-order chi connectivity index (χ0) is 20.3. The lowest BCUT2D eigenvalue weighted by molar-refractivity contribution is -0.274. The minimum absolute atomic E-state index is 0.167. The zero-order valence-corrected chi connectivity index (χ0v) is 14.4. The molecule has 28 heavy (non-hydrogen) atoms. The number of rotatable bonds is 5. The van der Waals surface area contributed by atoms with Crippen LogP contribution in [0.25, 0.3) is 5.82 Å². The van der Waals surface area contributed by atoms with Gasteiger partial charge in [0.25, 0.3) is 11.5 Å². The highest BCUT2D eigenvalue weighted by Gasteiger charge is 2.32. The number of alkyl halides is 3. The molecular formula is C17H14F3N5O3. The number of nitrogens with one attached hydrogen (secondary N) is 2. The number of hydrogen-bond acceptors (Lipinski definition) is 5. The highest BCUT2D eigenvalue weighted by Crippen LogP contribution is 2.26. The summed E-state index contributed by atoms with van der Waals surface area (Å²) >= 11 is 0. The fourth-order valence-corrected chi connectivity index (χ4v) is 2.46. The van der Waals surface area contributed by atoms with Crippen molar-refractivity contribution in [3.63, 3.8) is 0 Å². The Kier molecular flexibility index (Phi) is 5.16. The molecule has 2 N–H and O–H groups in total. The fraction of sp³-hybridized carbons (Fsp3) is 0.176. The van der Waals surface area contributed by atoms with Gasteiger partial charge in [0, 0.05) is 18.2 Å². The summed E-state index contributed by atoms with van der Waals surface area (Å²) in [4.78, 5) is 23.5. The molecule has 3 aromatic rings. The maximum atomic E-state index is 12.5. The molecular weight excluding hydrogens is 379 g/mol. The number of aromatic amines is 1. The van der Waals surface area contributed by atoms with Gasteiger partial charge >= 0.3 is 6.36 Å². The van der Waals surface area contributed by atoms with Gasteiger partial charge in [-0.15, -0.1) is 13.2 Å². The highest BCUT2D eigenvalue weighted by molar-refractivity contribution is 5.95. The van der Waals surface area contributed by atoms with E-state index < -0.39 is 12.3 Å². The Morgan fingerprint density at radius 1 is 1.25 bits per heavy atom. The highest BCUT2D eigenvalue weighted by atomic mass is 19.4. The van der Waals surface area contributed by atoms with Crippen molar-refractivity contribution in [2.75, 3.05) is 0 Å². The number of ether oxygens (including phenoxy) is 1. The third kappa shape index (κ3) is 4.37. The summed E-state index contributed by atoms with van der Waals surface area (Å²) < 4.78 is 42.7. The molecule has 146 valence electrons. The molecule has 0 bridgehead atoms. The molecule has 0 saturated carbocycles. The van der Waals surface area contributed by atoms with Gasteiger partial charge < -0.3 is 10.1 Å². The summed E-state index contributed by atoms with van der Waals surface area (Å²) in [6.45, 7) is 1.45. The second kappa shape index (κ2) is 7.55. The lowest BCUT2D eigenvalue weighted by atomic mass is 10.2. The van der Waals surface area contributed by atoms with Crippen molar-refractivity contribution in [3.8, 4) is 11.6 Å². The average molecular weight is 393 g/mol. The Morgan fingerprint density at radius 2 is 2.00 bits per heavy atom. The normalized spacial score (nSPS) is 11.3. The van der Waals surface area contributed by atoms with Crippen molar-refractivity contribution < 1.29 is 22.7 Å². The second-order valence-electron chi connectivity index (χ2n) is 5.67. The quantitative estimate of drug-likeness (QED) is 0.691. The minimum atomic E-state index is -4.83. The van der Waals surface area contributed by atoms with Crippen molar-refractivity contribution >= 4 is 5.91 Å². The molecule has 3 rings (SSSR count). The summed E-state index contributed by atoms with van der Waals surface area (Å²) in [5.41, 5.74) is 0.436. The van der Waals surface area contributed by atoms with Crippen LogP contribution in [0.5, 0.6) is 5.75 Å². The van der Waals surface area contributed by atoms with Crippen LogP contribution in [0.3, 0.4) is 0 Å². The number of carbonyl (C=O) groups is 1. The van der Waals surface area contributed by atoms with Crippen LogP contribution in [-0.4, -0.2) is 32.2 Å². The number of benzene rings is 1. The Morgan fingerprint density at radius 3 is 2.68 bits per heavy atom. The van der Waals surface area contributed by atoms with E-state index in [-0.39, 0.29) is 29.0 Å². The molecule has 8 nitrogen and oxygen atoms in total. The van der Waals surface area contributed by atoms with E-state index in [9.17, 15) is 22.8 Å². The van der Waals surface area contributed by atoms with E-state index in [0.717, 1.165) is 0 Å². The van der Waals surface area contributed by atoms with Crippen molar-refractivity contribution in [2.24, 2.45) is 0 Å². The molecule has 0 unspecified atom stereocenters. The predicted molar refractivity (Wildman–Crippen MR) is 91.0 cm³/mol. The predicted octanol–water partition coefficient (Wildman–Crippen LogP) is 2.09. The largest absolute Gasteiger partial charge is 0.573 e. The van der Waals surface area contributed by atoms with Crippen molar-refractivity contribution in [2.45, 2.75) is 19.8 Å². The van der Waals surface area contributed by atoms with Crippen LogP contribution in [0.4, 0.5) is 13.2 Å². The van der Waals surface area contributed by atoms with Crippen molar-refractivity contribution in [3.05, 3.63) is 69.8 Å². The maximum absolute atomic E-state index is 12.5. The van der Waals surface area contributed by atoms with Crippen LogP contribution < -0.4 is 15.6 Å². The number of halogens is 3. The van der Waals surface area contributed by atoms with Gasteiger partial charge in [-0.05, 0) is 19.1 Å². The molecule has 0 aliphatic carbocycles. The summed E-state index contributed by atoms with van der Waals surface area (Å²) in [5.74, 6) is -0.616. The molecule has 0 radical (unpaired) electrons. The molecule has 2 aromatic heterocycles.